The van der Waals surface area contributed by atoms with Crippen molar-refractivity contribution in [3.05, 3.63) is 59.7 Å². The van der Waals surface area contributed by atoms with Crippen LogP contribution in [0.2, 0.25) is 0 Å². The lowest BCUT2D eigenvalue weighted by molar-refractivity contribution is -0.144. The van der Waals surface area contributed by atoms with Gasteiger partial charge in [0.25, 0.3) is 5.91 Å². The van der Waals surface area contributed by atoms with E-state index in [1.807, 2.05) is 26.0 Å². The molecular weight excluding hydrogens is 500 g/mol. The number of nitrogens with one attached hydrogen (secondary N) is 2. The summed E-state index contributed by atoms with van der Waals surface area (Å²) in [5, 5.41) is 5.38. The normalized spacial score (nSPS) is 13.4. The van der Waals surface area contributed by atoms with Gasteiger partial charge in [0.2, 0.25) is 11.8 Å². The number of aryl methyl sites for hydroxylation is 1. The molecule has 10 nitrogen and oxygen atoms in total. The van der Waals surface area contributed by atoms with Gasteiger partial charge in [0.1, 0.15) is 23.4 Å². The van der Waals surface area contributed by atoms with E-state index in [0.29, 0.717) is 23.4 Å². The minimum Gasteiger partial charge on any atom is -0.497 e. The van der Waals surface area contributed by atoms with Crippen LogP contribution in [0, 0.1) is 6.92 Å². The molecule has 0 spiro atoms. The molecule has 0 heterocycles. The molecule has 39 heavy (non-hydrogen) atoms. The van der Waals surface area contributed by atoms with Crippen molar-refractivity contribution in [2.45, 2.75) is 78.1 Å². The summed E-state index contributed by atoms with van der Waals surface area (Å²) >= 11 is 0. The highest BCUT2D eigenvalue weighted by Gasteiger charge is 2.39. The van der Waals surface area contributed by atoms with Gasteiger partial charge in [-0.1, -0.05) is 31.2 Å². The highest BCUT2D eigenvalue weighted by Crippen LogP contribution is 2.30. The van der Waals surface area contributed by atoms with Crippen molar-refractivity contribution in [2.24, 2.45) is 5.73 Å². The lowest BCUT2D eigenvalue weighted by Crippen LogP contribution is -2.55. The molecule has 2 rings (SSSR count). The van der Waals surface area contributed by atoms with Gasteiger partial charge in [-0.15, -0.1) is 0 Å². The minimum absolute atomic E-state index is 0.445. The summed E-state index contributed by atoms with van der Waals surface area (Å²) in [5.41, 5.74) is 6.52. The summed E-state index contributed by atoms with van der Waals surface area (Å²) < 4.78 is 10.5. The second-order valence-corrected chi connectivity index (χ2v) is 10.3. The SMILES string of the molecule is CCC(C)N(C(=O)C(CC(N)=O)NC(=O)OC(C)(C)C)C(C(=O)Nc1ccc(OC)cc1)c1ccccc1C. The first-order valence-electron chi connectivity index (χ1n) is 12.9. The third kappa shape index (κ3) is 9.01. The first kappa shape index (κ1) is 31.1. The first-order valence-corrected chi connectivity index (χ1v) is 12.9. The van der Waals surface area contributed by atoms with E-state index in [4.69, 9.17) is 15.2 Å². The predicted molar refractivity (Wildman–Crippen MR) is 149 cm³/mol. The summed E-state index contributed by atoms with van der Waals surface area (Å²) in [4.78, 5) is 53.9. The van der Waals surface area contributed by atoms with Gasteiger partial charge in [0.15, 0.2) is 0 Å². The Balaban J connectivity index is 2.57. The largest absolute Gasteiger partial charge is 0.497 e. The van der Waals surface area contributed by atoms with E-state index in [1.54, 1.807) is 71.2 Å². The quantitative estimate of drug-likeness (QED) is 0.392. The van der Waals surface area contributed by atoms with Crippen LogP contribution in [-0.2, 0) is 19.1 Å². The Morgan fingerprint density at radius 1 is 1.03 bits per heavy atom. The Morgan fingerprint density at radius 2 is 1.64 bits per heavy atom. The van der Waals surface area contributed by atoms with Crippen molar-refractivity contribution in [2.75, 3.05) is 12.4 Å². The predicted octanol–water partition coefficient (Wildman–Crippen LogP) is 4.08. The number of benzene rings is 2. The molecule has 4 N–H and O–H groups in total. The Hall–Kier alpha value is -4.08. The fourth-order valence-corrected chi connectivity index (χ4v) is 4.02. The molecule has 3 unspecified atom stereocenters. The molecule has 0 aliphatic heterocycles. The van der Waals surface area contributed by atoms with Gasteiger partial charge in [-0.25, -0.2) is 4.79 Å². The van der Waals surface area contributed by atoms with Crippen LogP contribution in [0.4, 0.5) is 10.5 Å². The van der Waals surface area contributed by atoms with E-state index in [0.717, 1.165) is 5.56 Å². The van der Waals surface area contributed by atoms with Crippen LogP contribution in [0.3, 0.4) is 0 Å². The maximum absolute atomic E-state index is 14.1. The molecule has 10 heteroatoms. The number of hydrogen-bond donors (Lipinski definition) is 3. The number of carbonyl (C=O) groups is 4. The molecule has 0 saturated heterocycles. The van der Waals surface area contributed by atoms with Crippen molar-refractivity contribution in [1.29, 1.82) is 0 Å². The van der Waals surface area contributed by atoms with Crippen molar-refractivity contribution in [3.8, 4) is 5.75 Å². The van der Waals surface area contributed by atoms with Gasteiger partial charge in [0.05, 0.1) is 13.5 Å². The van der Waals surface area contributed by atoms with Crippen LogP contribution in [0.15, 0.2) is 48.5 Å². The molecule has 0 aromatic heterocycles. The van der Waals surface area contributed by atoms with Crippen LogP contribution >= 0.6 is 0 Å². The Kier molecular flexibility index (Phi) is 10.9. The number of alkyl carbamates (subject to hydrolysis) is 1. The number of ether oxygens (including phenoxy) is 2. The number of nitrogens with zero attached hydrogens (tertiary/aromatic N) is 1. The smallest absolute Gasteiger partial charge is 0.408 e. The number of hydrogen-bond acceptors (Lipinski definition) is 6. The van der Waals surface area contributed by atoms with Gasteiger partial charge in [0, 0.05) is 11.7 Å². The van der Waals surface area contributed by atoms with Crippen LogP contribution in [0.25, 0.3) is 0 Å². The van der Waals surface area contributed by atoms with E-state index in [9.17, 15) is 19.2 Å². The Bertz CT molecular complexity index is 1160. The highest BCUT2D eigenvalue weighted by atomic mass is 16.6. The summed E-state index contributed by atoms with van der Waals surface area (Å²) in [5.74, 6) is -1.25. The molecule has 0 radical (unpaired) electrons. The number of primary amides is 1. The van der Waals surface area contributed by atoms with Gasteiger partial charge in [-0.2, -0.15) is 0 Å². The Morgan fingerprint density at radius 3 is 2.15 bits per heavy atom. The molecule has 4 amide bonds. The number of amides is 4. The van der Waals surface area contributed by atoms with E-state index in [2.05, 4.69) is 10.6 Å². The average Bonchev–Trinajstić information content (AvgIpc) is 2.85. The maximum atomic E-state index is 14.1. The van der Waals surface area contributed by atoms with Crippen LogP contribution in [0.5, 0.6) is 5.75 Å². The fraction of sp³-hybridized carbons (Fsp3) is 0.448. The van der Waals surface area contributed by atoms with Gasteiger partial charge < -0.3 is 30.7 Å². The standard InChI is InChI=1S/C29H40N4O6/c1-8-19(3)33(27(36)23(17-24(30)34)32-28(37)39-29(4,5)6)25(22-12-10-9-11-18(22)2)26(35)31-20-13-15-21(38-7)16-14-20/h9-16,19,23,25H,8,17H2,1-7H3,(H2,30,34)(H,31,35)(H,32,37). The summed E-state index contributed by atoms with van der Waals surface area (Å²) in [6.07, 6.45) is -0.841. The lowest BCUT2D eigenvalue weighted by Gasteiger charge is -2.38. The van der Waals surface area contributed by atoms with E-state index in [1.165, 1.54) is 4.90 Å². The van der Waals surface area contributed by atoms with E-state index in [-0.39, 0.29) is 0 Å². The number of anilines is 1. The molecule has 0 fully saturated rings. The molecule has 212 valence electrons. The van der Waals surface area contributed by atoms with Gasteiger partial charge in [-0.05, 0) is 76.4 Å². The van der Waals surface area contributed by atoms with Crippen molar-refractivity contribution < 1.29 is 28.7 Å². The minimum atomic E-state index is -1.34. The molecule has 0 aliphatic carbocycles. The zero-order valence-electron chi connectivity index (χ0n) is 23.7. The molecule has 0 bridgehead atoms. The molecule has 2 aromatic rings. The Labute approximate surface area is 230 Å². The number of rotatable bonds is 11. The zero-order valence-corrected chi connectivity index (χ0v) is 23.7. The molecule has 3 atom stereocenters. The lowest BCUT2D eigenvalue weighted by atomic mass is 9.95. The third-order valence-corrected chi connectivity index (χ3v) is 6.08. The van der Waals surface area contributed by atoms with Gasteiger partial charge in [-0.3, -0.25) is 14.4 Å². The molecule has 0 saturated carbocycles. The topological polar surface area (TPSA) is 140 Å². The van der Waals surface area contributed by atoms with E-state index < -0.39 is 54.0 Å². The number of carbonyl (C=O) groups excluding carboxylic acids is 4. The number of methoxy groups -OCH3 is 1. The first-order chi connectivity index (χ1) is 18.3. The monoisotopic (exact) mass is 540 g/mol. The molecule has 2 aromatic carbocycles. The summed E-state index contributed by atoms with van der Waals surface area (Å²) in [7, 11) is 1.55. The molecular formula is C29H40N4O6. The van der Waals surface area contributed by atoms with Crippen molar-refractivity contribution in [3.63, 3.8) is 0 Å². The maximum Gasteiger partial charge on any atom is 0.408 e. The zero-order chi connectivity index (χ0) is 29.3. The third-order valence-electron chi connectivity index (χ3n) is 6.08. The summed E-state index contributed by atoms with van der Waals surface area (Å²) in [6.45, 7) is 10.6. The average molecular weight is 541 g/mol. The fourth-order valence-electron chi connectivity index (χ4n) is 4.02. The molecule has 0 aliphatic rings. The second kappa shape index (κ2) is 13.6. The summed E-state index contributed by atoms with van der Waals surface area (Å²) in [6, 6.07) is 11.2. The van der Waals surface area contributed by atoms with E-state index >= 15 is 0 Å². The second-order valence-electron chi connectivity index (χ2n) is 10.3. The highest BCUT2D eigenvalue weighted by molar-refractivity contribution is 6.00. The van der Waals surface area contributed by atoms with Crippen LogP contribution < -0.4 is 21.1 Å². The van der Waals surface area contributed by atoms with Crippen LogP contribution in [0.1, 0.15) is 64.6 Å². The number of nitrogens with two attached hydrogens (primary N) is 1. The van der Waals surface area contributed by atoms with Crippen LogP contribution in [-0.4, -0.2) is 53.5 Å². The van der Waals surface area contributed by atoms with Gasteiger partial charge >= 0.3 is 6.09 Å². The van der Waals surface area contributed by atoms with Crippen molar-refractivity contribution in [1.82, 2.24) is 10.2 Å². The van der Waals surface area contributed by atoms with Crippen molar-refractivity contribution >= 4 is 29.5 Å².